The molecular formula is C10H11NO2. The van der Waals surface area contributed by atoms with Gasteiger partial charge >= 0.3 is 0 Å². The van der Waals surface area contributed by atoms with Crippen LogP contribution >= 0.6 is 0 Å². The summed E-state index contributed by atoms with van der Waals surface area (Å²) in [5.41, 5.74) is 7.21. The molecule has 1 amide bonds. The number of nitrogens with two attached hydrogens (primary N) is 1. The summed E-state index contributed by atoms with van der Waals surface area (Å²) in [5.74, 6) is 0.546. The van der Waals surface area contributed by atoms with Crippen molar-refractivity contribution < 1.29 is 9.53 Å². The molecule has 1 heterocycles. The molecule has 13 heavy (non-hydrogen) atoms. The molecule has 0 spiro atoms. The summed E-state index contributed by atoms with van der Waals surface area (Å²) in [6, 6.07) is 5.84. The van der Waals surface area contributed by atoms with Crippen LogP contribution in [-0.2, 0) is 17.6 Å². The highest BCUT2D eigenvalue weighted by atomic mass is 16.5. The first-order chi connectivity index (χ1) is 6.27. The summed E-state index contributed by atoms with van der Waals surface area (Å²) in [4.78, 5) is 10.7. The van der Waals surface area contributed by atoms with E-state index in [-0.39, 0.29) is 12.3 Å². The lowest BCUT2D eigenvalue weighted by Gasteiger charge is -2.04. The van der Waals surface area contributed by atoms with E-state index in [0.717, 1.165) is 17.7 Å². The first-order valence-corrected chi connectivity index (χ1v) is 4.29. The lowest BCUT2D eigenvalue weighted by molar-refractivity contribution is -0.117. The highest BCUT2D eigenvalue weighted by molar-refractivity contribution is 5.77. The minimum Gasteiger partial charge on any atom is -0.493 e. The van der Waals surface area contributed by atoms with Crippen LogP contribution in [0.5, 0.6) is 5.75 Å². The average Bonchev–Trinajstić information content (AvgIpc) is 2.51. The van der Waals surface area contributed by atoms with Gasteiger partial charge in [-0.25, -0.2) is 0 Å². The second kappa shape index (κ2) is 3.09. The fourth-order valence-corrected chi connectivity index (χ4v) is 1.61. The smallest absolute Gasteiger partial charge is 0.221 e. The lowest BCUT2D eigenvalue weighted by Crippen LogP contribution is -2.14. The quantitative estimate of drug-likeness (QED) is 0.721. The zero-order chi connectivity index (χ0) is 9.26. The first-order valence-electron chi connectivity index (χ1n) is 4.29. The van der Waals surface area contributed by atoms with E-state index in [0.29, 0.717) is 6.61 Å². The Labute approximate surface area is 76.5 Å². The van der Waals surface area contributed by atoms with E-state index in [1.54, 1.807) is 0 Å². The van der Waals surface area contributed by atoms with E-state index in [1.165, 1.54) is 5.56 Å². The second-order valence-corrected chi connectivity index (χ2v) is 3.15. The number of hydrogen-bond donors (Lipinski definition) is 1. The summed E-state index contributed by atoms with van der Waals surface area (Å²) < 4.78 is 5.42. The Bertz CT molecular complexity index is 347. The van der Waals surface area contributed by atoms with Crippen molar-refractivity contribution in [3.8, 4) is 5.75 Å². The van der Waals surface area contributed by atoms with Gasteiger partial charge in [-0.15, -0.1) is 0 Å². The van der Waals surface area contributed by atoms with Gasteiger partial charge in [0, 0.05) is 12.0 Å². The number of ether oxygens (including phenoxy) is 1. The van der Waals surface area contributed by atoms with Gasteiger partial charge in [-0.05, 0) is 5.56 Å². The average molecular weight is 177 g/mol. The minimum absolute atomic E-state index is 0.267. The number of carbonyl (C=O) groups is 1. The Kier molecular flexibility index (Phi) is 1.93. The van der Waals surface area contributed by atoms with Crippen LogP contribution in [0.25, 0.3) is 0 Å². The zero-order valence-electron chi connectivity index (χ0n) is 7.25. The van der Waals surface area contributed by atoms with Gasteiger partial charge in [0.1, 0.15) is 5.75 Å². The molecule has 1 aromatic carbocycles. The fourth-order valence-electron chi connectivity index (χ4n) is 1.61. The Hall–Kier alpha value is -1.51. The predicted octanol–water partition coefficient (Wildman–Crippen LogP) is 0.649. The van der Waals surface area contributed by atoms with E-state index < -0.39 is 0 Å². The lowest BCUT2D eigenvalue weighted by atomic mass is 10.1. The van der Waals surface area contributed by atoms with Crippen LogP contribution in [-0.4, -0.2) is 12.5 Å². The summed E-state index contributed by atoms with van der Waals surface area (Å²) in [6.45, 7) is 0.713. The van der Waals surface area contributed by atoms with E-state index >= 15 is 0 Å². The topological polar surface area (TPSA) is 52.3 Å². The molecule has 0 saturated carbocycles. The van der Waals surface area contributed by atoms with Crippen molar-refractivity contribution in [2.75, 3.05) is 6.61 Å². The summed E-state index contributed by atoms with van der Waals surface area (Å²) in [6.07, 6.45) is 1.20. The molecule has 1 aliphatic rings. The molecule has 0 aliphatic carbocycles. The third-order valence-corrected chi connectivity index (χ3v) is 2.16. The van der Waals surface area contributed by atoms with Crippen molar-refractivity contribution in [2.45, 2.75) is 12.8 Å². The van der Waals surface area contributed by atoms with Gasteiger partial charge < -0.3 is 10.5 Å². The second-order valence-electron chi connectivity index (χ2n) is 3.15. The largest absolute Gasteiger partial charge is 0.493 e. The van der Waals surface area contributed by atoms with Crippen LogP contribution in [0.4, 0.5) is 0 Å². The number of amides is 1. The Balaban J connectivity index is 2.36. The Morgan fingerprint density at radius 3 is 3.15 bits per heavy atom. The summed E-state index contributed by atoms with van der Waals surface area (Å²) in [7, 11) is 0. The normalized spacial score (nSPS) is 13.5. The predicted molar refractivity (Wildman–Crippen MR) is 48.5 cm³/mol. The van der Waals surface area contributed by atoms with Crippen LogP contribution in [0.1, 0.15) is 11.1 Å². The maximum Gasteiger partial charge on any atom is 0.221 e. The SMILES string of the molecule is NC(=O)Cc1cccc2c1OCC2. The molecule has 3 nitrogen and oxygen atoms in total. The van der Waals surface area contributed by atoms with Crippen molar-refractivity contribution in [1.82, 2.24) is 0 Å². The maximum atomic E-state index is 10.7. The molecule has 68 valence electrons. The van der Waals surface area contributed by atoms with Crippen molar-refractivity contribution in [3.05, 3.63) is 29.3 Å². The van der Waals surface area contributed by atoms with Gasteiger partial charge in [-0.3, -0.25) is 4.79 Å². The summed E-state index contributed by atoms with van der Waals surface area (Å²) >= 11 is 0. The molecule has 0 aromatic heterocycles. The van der Waals surface area contributed by atoms with E-state index in [4.69, 9.17) is 10.5 Å². The van der Waals surface area contributed by atoms with Crippen LogP contribution < -0.4 is 10.5 Å². The first kappa shape index (κ1) is 8.10. The molecule has 0 radical (unpaired) electrons. The monoisotopic (exact) mass is 177 g/mol. The third-order valence-electron chi connectivity index (χ3n) is 2.16. The number of carbonyl (C=O) groups excluding carboxylic acids is 1. The number of hydrogen-bond acceptors (Lipinski definition) is 2. The minimum atomic E-state index is -0.316. The highest BCUT2D eigenvalue weighted by Gasteiger charge is 2.16. The molecule has 0 bridgehead atoms. The molecule has 0 atom stereocenters. The van der Waals surface area contributed by atoms with Crippen LogP contribution in [0.2, 0.25) is 0 Å². The number of fused-ring (bicyclic) bond motifs is 1. The Morgan fingerprint density at radius 2 is 2.38 bits per heavy atom. The van der Waals surface area contributed by atoms with E-state index in [9.17, 15) is 4.79 Å². The van der Waals surface area contributed by atoms with Crippen molar-refractivity contribution in [3.63, 3.8) is 0 Å². The number of primary amides is 1. The van der Waals surface area contributed by atoms with Crippen LogP contribution in [0.15, 0.2) is 18.2 Å². The van der Waals surface area contributed by atoms with Crippen LogP contribution in [0, 0.1) is 0 Å². The molecule has 3 heteroatoms. The number of rotatable bonds is 2. The number of benzene rings is 1. The molecule has 2 rings (SSSR count). The third kappa shape index (κ3) is 1.49. The van der Waals surface area contributed by atoms with Gasteiger partial charge in [0.05, 0.1) is 13.0 Å². The standard InChI is InChI=1S/C10H11NO2/c11-9(12)6-8-3-1-2-7-4-5-13-10(7)8/h1-3H,4-6H2,(H2,11,12). The fraction of sp³-hybridized carbons (Fsp3) is 0.300. The molecule has 1 aliphatic heterocycles. The molecule has 0 unspecified atom stereocenters. The Morgan fingerprint density at radius 1 is 1.54 bits per heavy atom. The van der Waals surface area contributed by atoms with E-state index in [2.05, 4.69) is 0 Å². The summed E-state index contributed by atoms with van der Waals surface area (Å²) in [5, 5.41) is 0. The van der Waals surface area contributed by atoms with E-state index in [1.807, 2.05) is 18.2 Å². The van der Waals surface area contributed by atoms with Gasteiger partial charge in [0.2, 0.25) is 5.91 Å². The molecule has 2 N–H and O–H groups in total. The zero-order valence-corrected chi connectivity index (χ0v) is 7.25. The van der Waals surface area contributed by atoms with Gasteiger partial charge in [0.15, 0.2) is 0 Å². The number of para-hydroxylation sites is 1. The van der Waals surface area contributed by atoms with Crippen molar-refractivity contribution >= 4 is 5.91 Å². The van der Waals surface area contributed by atoms with Crippen LogP contribution in [0.3, 0.4) is 0 Å². The molecule has 1 aromatic rings. The molecular weight excluding hydrogens is 166 g/mol. The molecule has 0 saturated heterocycles. The van der Waals surface area contributed by atoms with Gasteiger partial charge in [-0.2, -0.15) is 0 Å². The van der Waals surface area contributed by atoms with Crippen molar-refractivity contribution in [1.29, 1.82) is 0 Å². The highest BCUT2D eigenvalue weighted by Crippen LogP contribution is 2.29. The van der Waals surface area contributed by atoms with Gasteiger partial charge in [0.25, 0.3) is 0 Å². The molecule has 0 fully saturated rings. The van der Waals surface area contributed by atoms with Crippen molar-refractivity contribution in [2.24, 2.45) is 5.73 Å². The van der Waals surface area contributed by atoms with Gasteiger partial charge in [-0.1, -0.05) is 18.2 Å². The maximum absolute atomic E-state index is 10.7.